The van der Waals surface area contributed by atoms with Gasteiger partial charge in [0, 0.05) is 29.7 Å². The minimum atomic E-state index is -0.780. The van der Waals surface area contributed by atoms with Crippen LogP contribution in [0.4, 0.5) is 11.4 Å². The lowest BCUT2D eigenvalue weighted by molar-refractivity contribution is -0.384. The number of carbonyl (C=O) groups excluding carboxylic acids is 2. The molecule has 2 atom stereocenters. The van der Waals surface area contributed by atoms with E-state index in [-0.39, 0.29) is 11.6 Å². The van der Waals surface area contributed by atoms with Crippen molar-refractivity contribution in [1.82, 2.24) is 0 Å². The van der Waals surface area contributed by atoms with E-state index in [0.29, 0.717) is 42.0 Å². The quantitative estimate of drug-likeness (QED) is 0.365. The van der Waals surface area contributed by atoms with Crippen LogP contribution in [0.1, 0.15) is 50.4 Å². The molecule has 2 aromatic carbocycles. The summed E-state index contributed by atoms with van der Waals surface area (Å²) in [5, 5.41) is 18.2. The summed E-state index contributed by atoms with van der Waals surface area (Å²) in [6, 6.07) is 12.4. The highest BCUT2D eigenvalue weighted by molar-refractivity contribution is 6.06. The van der Waals surface area contributed by atoms with Crippen LogP contribution in [0, 0.1) is 26.4 Å². The first kappa shape index (κ1) is 23.4. The van der Waals surface area contributed by atoms with Crippen molar-refractivity contribution < 1.29 is 24.1 Å². The predicted molar refractivity (Wildman–Crippen MR) is 126 cm³/mol. The van der Waals surface area contributed by atoms with Gasteiger partial charge in [-0.15, -0.1) is 0 Å². The molecule has 2 bridgehead atoms. The van der Waals surface area contributed by atoms with Crippen LogP contribution in [0.3, 0.4) is 0 Å². The Bertz CT molecular complexity index is 1190. The number of nitrogens with zero attached hydrogens (tertiary/aromatic N) is 2. The van der Waals surface area contributed by atoms with Gasteiger partial charge in [-0.2, -0.15) is 0 Å². The number of methoxy groups -OCH3 is 1. The Hall–Kier alpha value is -3.75. The molecule has 34 heavy (non-hydrogen) atoms. The number of carbonyl (C=O) groups is 2. The van der Waals surface area contributed by atoms with E-state index in [1.807, 2.05) is 20.8 Å². The molecular formula is C25H27N3O6. The third-order valence-electron chi connectivity index (χ3n) is 8.05. The molecule has 2 aliphatic carbocycles. The molecule has 0 spiro atoms. The van der Waals surface area contributed by atoms with E-state index in [1.165, 1.54) is 18.2 Å². The Kier molecular flexibility index (Phi) is 5.67. The lowest BCUT2D eigenvalue weighted by Gasteiger charge is -2.39. The maximum atomic E-state index is 13.5. The zero-order chi connectivity index (χ0) is 24.7. The van der Waals surface area contributed by atoms with Gasteiger partial charge >= 0.3 is 5.97 Å². The fourth-order valence-electron chi connectivity index (χ4n) is 5.35. The van der Waals surface area contributed by atoms with E-state index in [0.717, 1.165) is 0 Å². The average Bonchev–Trinajstić information content (AvgIpc) is 3.13. The maximum Gasteiger partial charge on any atom is 0.365 e. The molecule has 0 saturated heterocycles. The molecule has 2 aliphatic rings. The summed E-state index contributed by atoms with van der Waals surface area (Å²) >= 11 is 0. The van der Waals surface area contributed by atoms with Gasteiger partial charge in [0.15, 0.2) is 0 Å². The molecule has 2 fully saturated rings. The molecule has 0 heterocycles. The van der Waals surface area contributed by atoms with Crippen molar-refractivity contribution >= 4 is 29.0 Å². The van der Waals surface area contributed by atoms with Gasteiger partial charge in [-0.05, 0) is 48.6 Å². The maximum absolute atomic E-state index is 13.5. The van der Waals surface area contributed by atoms with Gasteiger partial charge in [-0.3, -0.25) is 14.9 Å². The zero-order valence-corrected chi connectivity index (χ0v) is 19.6. The monoisotopic (exact) mass is 465 g/mol. The van der Waals surface area contributed by atoms with Crippen molar-refractivity contribution in [2.45, 2.75) is 40.0 Å². The number of hydrogen-bond donors (Lipinski definition) is 1. The largest absolute Gasteiger partial charge is 0.497 e. The van der Waals surface area contributed by atoms with Crippen molar-refractivity contribution in [1.29, 1.82) is 0 Å². The Labute approximate surface area is 197 Å². The number of rotatable bonds is 6. The Morgan fingerprint density at radius 2 is 1.79 bits per heavy atom. The normalized spacial score (nSPS) is 25.7. The molecule has 4 rings (SSSR count). The van der Waals surface area contributed by atoms with E-state index < -0.39 is 27.1 Å². The van der Waals surface area contributed by atoms with Gasteiger partial charge < -0.3 is 14.9 Å². The molecule has 2 saturated carbocycles. The van der Waals surface area contributed by atoms with E-state index in [4.69, 9.17) is 9.57 Å². The predicted octanol–water partition coefficient (Wildman–Crippen LogP) is 4.97. The van der Waals surface area contributed by atoms with Crippen LogP contribution >= 0.6 is 0 Å². The number of amides is 1. The highest BCUT2D eigenvalue weighted by atomic mass is 16.7. The second kappa shape index (κ2) is 8.23. The molecule has 2 aromatic rings. The molecule has 9 nitrogen and oxygen atoms in total. The highest BCUT2D eigenvalue weighted by Gasteiger charge is 2.71. The number of ether oxygens (including phenoxy) is 1. The Morgan fingerprint density at radius 3 is 2.44 bits per heavy atom. The van der Waals surface area contributed by atoms with Crippen LogP contribution in [0.25, 0.3) is 0 Å². The molecule has 1 N–H and O–H groups in total. The van der Waals surface area contributed by atoms with Crippen molar-refractivity contribution in [3.63, 3.8) is 0 Å². The minimum Gasteiger partial charge on any atom is -0.497 e. The fraction of sp³-hybridized carbons (Fsp3) is 0.400. The smallest absolute Gasteiger partial charge is 0.365 e. The summed E-state index contributed by atoms with van der Waals surface area (Å²) in [6.45, 7) is 6.10. The van der Waals surface area contributed by atoms with Gasteiger partial charge in [0.2, 0.25) is 5.91 Å². The van der Waals surface area contributed by atoms with Crippen LogP contribution in [-0.4, -0.2) is 29.6 Å². The molecular weight excluding hydrogens is 438 g/mol. The first-order chi connectivity index (χ1) is 16.0. The van der Waals surface area contributed by atoms with Crippen LogP contribution < -0.4 is 10.1 Å². The number of nitro benzene ring substituents is 1. The summed E-state index contributed by atoms with van der Waals surface area (Å²) < 4.78 is 5.10. The SMILES string of the molecule is COc1ccc(C(=O)O/N=C2\CC3(C(=O)Nc4cccc([N+](=O)[O-])c4)CCC2(C)C3(C)C)cc1. The first-order valence-corrected chi connectivity index (χ1v) is 11.0. The van der Waals surface area contributed by atoms with Gasteiger partial charge in [0.25, 0.3) is 5.69 Å². The van der Waals surface area contributed by atoms with Gasteiger partial charge in [-0.1, -0.05) is 32.0 Å². The van der Waals surface area contributed by atoms with Crippen molar-refractivity contribution in [3.05, 3.63) is 64.2 Å². The fourth-order valence-corrected chi connectivity index (χ4v) is 5.35. The number of nitro groups is 1. The van der Waals surface area contributed by atoms with Gasteiger partial charge in [-0.25, -0.2) is 4.79 Å². The average molecular weight is 466 g/mol. The van der Waals surface area contributed by atoms with Crippen LogP contribution in [0.2, 0.25) is 0 Å². The van der Waals surface area contributed by atoms with Crippen LogP contribution in [0.5, 0.6) is 5.75 Å². The number of non-ortho nitro benzene ring substituents is 1. The molecule has 2 unspecified atom stereocenters. The summed E-state index contributed by atoms with van der Waals surface area (Å²) in [4.78, 5) is 41.9. The van der Waals surface area contributed by atoms with Gasteiger partial charge in [0.1, 0.15) is 5.75 Å². The number of nitrogens with one attached hydrogen (secondary N) is 1. The molecule has 0 radical (unpaired) electrons. The molecule has 0 aromatic heterocycles. The summed E-state index contributed by atoms with van der Waals surface area (Å²) in [5.74, 6) is -0.176. The molecule has 9 heteroatoms. The Morgan fingerprint density at radius 1 is 1.09 bits per heavy atom. The second-order valence-corrected chi connectivity index (χ2v) is 9.62. The zero-order valence-electron chi connectivity index (χ0n) is 19.6. The Balaban J connectivity index is 1.56. The number of oxime groups is 1. The summed E-state index contributed by atoms with van der Waals surface area (Å²) in [7, 11) is 1.54. The van der Waals surface area contributed by atoms with E-state index in [9.17, 15) is 19.7 Å². The van der Waals surface area contributed by atoms with Crippen molar-refractivity contribution in [2.75, 3.05) is 12.4 Å². The van der Waals surface area contributed by atoms with Crippen LogP contribution in [0.15, 0.2) is 53.7 Å². The third kappa shape index (κ3) is 3.52. The molecule has 178 valence electrons. The number of fused-ring (bicyclic) bond motifs is 2. The van der Waals surface area contributed by atoms with E-state index >= 15 is 0 Å². The van der Waals surface area contributed by atoms with Crippen LogP contribution in [-0.2, 0) is 9.63 Å². The second-order valence-electron chi connectivity index (χ2n) is 9.62. The number of anilines is 1. The lowest BCUT2D eigenvalue weighted by Crippen LogP contribution is -2.43. The standard InChI is InChI=1S/C25H27N3O6/c1-23(2)24(3)12-13-25(23,22(30)26-17-6-5-7-18(14-17)28(31)32)15-20(24)27-34-21(29)16-8-10-19(33-4)11-9-16/h5-11,14H,12-13,15H2,1-4H3,(H,26,30)/b27-20+. The summed E-state index contributed by atoms with van der Waals surface area (Å²) in [6.07, 6.45) is 1.69. The lowest BCUT2D eigenvalue weighted by atomic mass is 9.64. The molecule has 0 aliphatic heterocycles. The number of benzene rings is 2. The van der Waals surface area contributed by atoms with Gasteiger partial charge in [0.05, 0.1) is 28.7 Å². The van der Waals surface area contributed by atoms with E-state index in [1.54, 1.807) is 37.4 Å². The topological polar surface area (TPSA) is 120 Å². The molecule has 1 amide bonds. The van der Waals surface area contributed by atoms with Crippen molar-refractivity contribution in [3.8, 4) is 5.75 Å². The highest BCUT2D eigenvalue weighted by Crippen LogP contribution is 2.71. The third-order valence-corrected chi connectivity index (χ3v) is 8.05. The first-order valence-electron chi connectivity index (χ1n) is 11.0. The minimum absolute atomic E-state index is 0.0926. The number of hydrogen-bond acceptors (Lipinski definition) is 7. The van der Waals surface area contributed by atoms with Crippen molar-refractivity contribution in [2.24, 2.45) is 21.4 Å². The van der Waals surface area contributed by atoms with E-state index in [2.05, 4.69) is 10.5 Å². The summed E-state index contributed by atoms with van der Waals surface area (Å²) in [5.41, 5.74) is -0.406.